The van der Waals surface area contributed by atoms with Gasteiger partial charge in [0.1, 0.15) is 16.3 Å². The second-order valence-corrected chi connectivity index (χ2v) is 10.5. The number of para-hydroxylation sites is 1. The van der Waals surface area contributed by atoms with Crippen LogP contribution in [0.15, 0.2) is 84.0 Å². The third kappa shape index (κ3) is 5.14. The maximum absolute atomic E-state index is 13.2. The number of benzene rings is 2. The van der Waals surface area contributed by atoms with Crippen LogP contribution in [-0.4, -0.2) is 71.3 Å². The second kappa shape index (κ2) is 10.5. The van der Waals surface area contributed by atoms with Crippen LogP contribution >= 0.6 is 0 Å². The van der Waals surface area contributed by atoms with Crippen molar-refractivity contribution >= 4 is 38.4 Å². The number of phenolic OH excluding ortho intramolecular Hbond substituents is 1. The summed E-state index contributed by atoms with van der Waals surface area (Å²) in [5, 5.41) is 11.3. The molecule has 1 aliphatic rings. The first-order valence-corrected chi connectivity index (χ1v) is 13.5. The van der Waals surface area contributed by atoms with Gasteiger partial charge in [-0.2, -0.15) is 0 Å². The number of fused-ring (bicyclic) bond motifs is 1. The van der Waals surface area contributed by atoms with Gasteiger partial charge >= 0.3 is 0 Å². The topological polar surface area (TPSA) is 133 Å². The number of anilines is 1. The van der Waals surface area contributed by atoms with Gasteiger partial charge in [0.2, 0.25) is 0 Å². The number of hydrogen-bond acceptors (Lipinski definition) is 7. The average Bonchev–Trinajstić information content (AvgIpc) is 3.20. The Morgan fingerprint density at radius 1 is 0.816 bits per heavy atom. The summed E-state index contributed by atoms with van der Waals surface area (Å²) in [6.07, 6.45) is 3.67. The smallest absolute Gasteiger partial charge is 0.272 e. The summed E-state index contributed by atoms with van der Waals surface area (Å²) in [6, 6.07) is 17.5. The largest absolute Gasteiger partial charge is 0.506 e. The van der Waals surface area contributed by atoms with E-state index in [9.17, 15) is 23.1 Å². The van der Waals surface area contributed by atoms with Crippen molar-refractivity contribution in [2.45, 2.75) is 11.3 Å². The number of sulfonamides is 1. The van der Waals surface area contributed by atoms with E-state index < -0.39 is 10.0 Å². The molecule has 11 heteroatoms. The minimum atomic E-state index is -4.07. The molecule has 1 saturated heterocycles. The molecule has 0 radical (unpaired) electrons. The van der Waals surface area contributed by atoms with E-state index in [1.165, 1.54) is 30.5 Å². The van der Waals surface area contributed by atoms with Crippen molar-refractivity contribution in [2.75, 3.05) is 30.9 Å². The molecular formula is C27H25N5O5S. The summed E-state index contributed by atoms with van der Waals surface area (Å²) in [6.45, 7) is 1.60. The molecule has 2 aromatic carbocycles. The molecule has 2 amide bonds. The molecule has 0 atom stereocenters. The number of rotatable bonds is 5. The summed E-state index contributed by atoms with van der Waals surface area (Å²) in [5.41, 5.74) is 0.819. The first-order chi connectivity index (χ1) is 18.3. The standard InChI is InChI=1S/C27H25N5O5S/c33-23-18-20(26(34)31-14-5-15-32(17-16-31)27(35)22-8-1-2-12-28-22)10-11-21(23)30-38(36,37)24-9-3-6-19-7-4-13-29-25(19)24/h1-4,6-13,18,30,33H,5,14-17H2. The molecule has 194 valence electrons. The molecule has 5 rings (SSSR count). The SMILES string of the molecule is O=C(c1ccc(NS(=O)(=O)c2cccc3cccnc23)c(O)c1)N1CCCN(C(=O)c2ccccn2)CC1. The van der Waals surface area contributed by atoms with E-state index >= 15 is 0 Å². The molecule has 38 heavy (non-hydrogen) atoms. The molecule has 10 nitrogen and oxygen atoms in total. The van der Waals surface area contributed by atoms with Crippen LogP contribution in [-0.2, 0) is 10.0 Å². The van der Waals surface area contributed by atoms with Crippen molar-refractivity contribution in [1.29, 1.82) is 0 Å². The Morgan fingerprint density at radius 2 is 1.55 bits per heavy atom. The Labute approximate surface area is 219 Å². The molecule has 0 bridgehead atoms. The van der Waals surface area contributed by atoms with Gasteiger partial charge in [0, 0.05) is 49.5 Å². The molecule has 0 aliphatic carbocycles. The molecule has 3 heterocycles. The predicted octanol–water partition coefficient (Wildman–Crippen LogP) is 3.12. The van der Waals surface area contributed by atoms with Crippen LogP contribution in [0.5, 0.6) is 5.75 Å². The highest BCUT2D eigenvalue weighted by molar-refractivity contribution is 7.93. The Kier molecular flexibility index (Phi) is 6.93. The monoisotopic (exact) mass is 531 g/mol. The van der Waals surface area contributed by atoms with Gasteiger partial charge in [0.25, 0.3) is 21.8 Å². The van der Waals surface area contributed by atoms with Gasteiger partial charge in [-0.3, -0.25) is 24.3 Å². The van der Waals surface area contributed by atoms with Crippen molar-refractivity contribution in [3.8, 4) is 5.75 Å². The Morgan fingerprint density at radius 3 is 2.29 bits per heavy atom. The number of carbonyl (C=O) groups is 2. The maximum atomic E-state index is 13.2. The summed E-state index contributed by atoms with van der Waals surface area (Å²) in [5.74, 6) is -0.884. The summed E-state index contributed by atoms with van der Waals surface area (Å²) in [7, 11) is -4.07. The van der Waals surface area contributed by atoms with Crippen LogP contribution in [0.2, 0.25) is 0 Å². The Balaban J connectivity index is 1.29. The lowest BCUT2D eigenvalue weighted by Gasteiger charge is -2.22. The number of nitrogens with one attached hydrogen (secondary N) is 1. The van der Waals surface area contributed by atoms with Crippen LogP contribution in [0.3, 0.4) is 0 Å². The van der Waals surface area contributed by atoms with E-state index in [0.29, 0.717) is 49.2 Å². The van der Waals surface area contributed by atoms with E-state index in [1.54, 1.807) is 58.5 Å². The maximum Gasteiger partial charge on any atom is 0.272 e. The Bertz CT molecular complexity index is 1610. The van der Waals surface area contributed by atoms with Gasteiger partial charge in [0.05, 0.1) is 11.2 Å². The quantitative estimate of drug-likeness (QED) is 0.378. The van der Waals surface area contributed by atoms with Crippen LogP contribution in [0.25, 0.3) is 10.9 Å². The van der Waals surface area contributed by atoms with E-state index in [2.05, 4.69) is 14.7 Å². The number of aromatic nitrogens is 2. The molecule has 0 spiro atoms. The van der Waals surface area contributed by atoms with Crippen molar-refractivity contribution in [2.24, 2.45) is 0 Å². The van der Waals surface area contributed by atoms with Gasteiger partial charge < -0.3 is 14.9 Å². The lowest BCUT2D eigenvalue weighted by molar-refractivity contribution is 0.0715. The van der Waals surface area contributed by atoms with Gasteiger partial charge in [-0.05, 0) is 48.9 Å². The van der Waals surface area contributed by atoms with Gasteiger partial charge in [-0.25, -0.2) is 8.42 Å². The second-order valence-electron chi connectivity index (χ2n) is 8.82. The molecular weight excluding hydrogens is 506 g/mol. The highest BCUT2D eigenvalue weighted by atomic mass is 32.2. The van der Waals surface area contributed by atoms with E-state index in [1.807, 2.05) is 0 Å². The minimum Gasteiger partial charge on any atom is -0.506 e. The third-order valence-electron chi connectivity index (χ3n) is 6.33. The van der Waals surface area contributed by atoms with E-state index in [0.717, 1.165) is 0 Å². The van der Waals surface area contributed by atoms with Crippen LogP contribution in [0, 0.1) is 0 Å². The normalized spacial score (nSPS) is 14.2. The summed E-state index contributed by atoms with van der Waals surface area (Å²) in [4.78, 5) is 37.5. The van der Waals surface area contributed by atoms with Crippen molar-refractivity contribution in [3.05, 3.63) is 90.4 Å². The number of aromatic hydroxyl groups is 1. The summed E-state index contributed by atoms with van der Waals surface area (Å²) >= 11 is 0. The molecule has 2 N–H and O–H groups in total. The number of hydrogen-bond donors (Lipinski definition) is 2. The minimum absolute atomic E-state index is 0.0236. The summed E-state index contributed by atoms with van der Waals surface area (Å²) < 4.78 is 28.6. The van der Waals surface area contributed by atoms with Gasteiger partial charge in [-0.15, -0.1) is 0 Å². The highest BCUT2D eigenvalue weighted by Crippen LogP contribution is 2.29. The average molecular weight is 532 g/mol. The zero-order valence-electron chi connectivity index (χ0n) is 20.3. The van der Waals surface area contributed by atoms with Crippen molar-refractivity contribution < 1.29 is 23.1 Å². The first kappa shape index (κ1) is 25.2. The molecule has 0 unspecified atom stereocenters. The number of phenols is 1. The lowest BCUT2D eigenvalue weighted by Crippen LogP contribution is -2.37. The molecule has 1 fully saturated rings. The van der Waals surface area contributed by atoms with Crippen LogP contribution in [0.1, 0.15) is 27.3 Å². The molecule has 0 saturated carbocycles. The predicted molar refractivity (Wildman–Crippen MR) is 141 cm³/mol. The number of pyridine rings is 2. The van der Waals surface area contributed by atoms with Gasteiger partial charge in [0.15, 0.2) is 0 Å². The number of amides is 2. The molecule has 4 aromatic rings. The zero-order chi connectivity index (χ0) is 26.7. The van der Waals surface area contributed by atoms with E-state index in [-0.39, 0.29) is 33.7 Å². The zero-order valence-corrected chi connectivity index (χ0v) is 21.1. The number of nitrogens with zero attached hydrogens (tertiary/aromatic N) is 4. The molecule has 1 aliphatic heterocycles. The first-order valence-electron chi connectivity index (χ1n) is 12.0. The van der Waals surface area contributed by atoms with Crippen LogP contribution in [0.4, 0.5) is 5.69 Å². The fraction of sp³-hybridized carbons (Fsp3) is 0.185. The van der Waals surface area contributed by atoms with Gasteiger partial charge in [-0.1, -0.05) is 24.3 Å². The third-order valence-corrected chi connectivity index (χ3v) is 7.73. The highest BCUT2D eigenvalue weighted by Gasteiger charge is 2.25. The van der Waals surface area contributed by atoms with Crippen molar-refractivity contribution in [3.63, 3.8) is 0 Å². The number of carbonyl (C=O) groups excluding carboxylic acids is 2. The van der Waals surface area contributed by atoms with Crippen LogP contribution < -0.4 is 4.72 Å². The Hall–Kier alpha value is -4.51. The fourth-order valence-electron chi connectivity index (χ4n) is 4.40. The lowest BCUT2D eigenvalue weighted by atomic mass is 10.1. The fourth-order valence-corrected chi connectivity index (χ4v) is 5.66. The molecule has 2 aromatic heterocycles. The van der Waals surface area contributed by atoms with Crippen molar-refractivity contribution in [1.82, 2.24) is 19.8 Å². The van der Waals surface area contributed by atoms with E-state index in [4.69, 9.17) is 0 Å².